The molecular formula is C27H33N3O4S. The Morgan fingerprint density at radius 2 is 1.71 bits per heavy atom. The summed E-state index contributed by atoms with van der Waals surface area (Å²) in [5, 5.41) is 3.81. The monoisotopic (exact) mass is 495 g/mol. The van der Waals surface area contributed by atoms with Crippen molar-refractivity contribution in [2.24, 2.45) is 11.8 Å². The number of nitrogens with one attached hydrogen (secondary N) is 1. The van der Waals surface area contributed by atoms with Crippen LogP contribution < -0.4 is 15.6 Å². The summed E-state index contributed by atoms with van der Waals surface area (Å²) < 4.78 is 7.06. The fraction of sp³-hybridized carbons (Fsp3) is 0.407. The van der Waals surface area contributed by atoms with Crippen molar-refractivity contribution in [2.75, 3.05) is 18.9 Å². The molecule has 8 heteroatoms. The lowest BCUT2D eigenvalue weighted by molar-refractivity contribution is 0.0948. The predicted octanol–water partition coefficient (Wildman–Crippen LogP) is 4.81. The highest BCUT2D eigenvalue weighted by molar-refractivity contribution is 7.99. The van der Waals surface area contributed by atoms with Crippen molar-refractivity contribution >= 4 is 34.4 Å². The Kier molecular flexibility index (Phi) is 9.09. The van der Waals surface area contributed by atoms with Gasteiger partial charge in [0, 0.05) is 24.2 Å². The van der Waals surface area contributed by atoms with E-state index in [0.717, 1.165) is 0 Å². The fourth-order valence-corrected chi connectivity index (χ4v) is 4.40. The first-order chi connectivity index (χ1) is 16.7. The van der Waals surface area contributed by atoms with Gasteiger partial charge in [-0.2, -0.15) is 0 Å². The lowest BCUT2D eigenvalue weighted by atomic mass is 10.1. The quantitative estimate of drug-likeness (QED) is 0.233. The van der Waals surface area contributed by atoms with Crippen LogP contribution in [0.1, 0.15) is 55.3 Å². The zero-order valence-corrected chi connectivity index (χ0v) is 21.8. The first kappa shape index (κ1) is 26.5. The summed E-state index contributed by atoms with van der Waals surface area (Å²) in [6.45, 7) is 11.6. The summed E-state index contributed by atoms with van der Waals surface area (Å²) in [6.07, 6.45) is 0. The SMILES string of the molecule is CCOc1ccc(C(=O)CSc2nc3cc(C(=O)NCC(C)C)ccc3c(=O)n2CC(C)C)cc1. The van der Waals surface area contributed by atoms with Gasteiger partial charge in [-0.25, -0.2) is 4.98 Å². The molecule has 0 radical (unpaired) electrons. The molecule has 186 valence electrons. The van der Waals surface area contributed by atoms with E-state index in [0.29, 0.717) is 58.6 Å². The van der Waals surface area contributed by atoms with Crippen LogP contribution in [0.15, 0.2) is 52.4 Å². The van der Waals surface area contributed by atoms with Crippen LogP contribution in [0.2, 0.25) is 0 Å². The summed E-state index contributed by atoms with van der Waals surface area (Å²) in [6, 6.07) is 12.0. The van der Waals surface area contributed by atoms with Gasteiger partial charge in [0.15, 0.2) is 10.9 Å². The summed E-state index contributed by atoms with van der Waals surface area (Å²) in [7, 11) is 0. The number of nitrogens with zero attached hydrogens (tertiary/aromatic N) is 2. The molecule has 0 fully saturated rings. The number of carbonyl (C=O) groups excluding carboxylic acids is 2. The number of amides is 1. The molecule has 0 bridgehead atoms. The topological polar surface area (TPSA) is 90.3 Å². The Morgan fingerprint density at radius 1 is 1.03 bits per heavy atom. The number of thioether (sulfide) groups is 1. The lowest BCUT2D eigenvalue weighted by Crippen LogP contribution is -2.28. The lowest BCUT2D eigenvalue weighted by Gasteiger charge is -2.15. The summed E-state index contributed by atoms with van der Waals surface area (Å²) in [4.78, 5) is 43.4. The van der Waals surface area contributed by atoms with Crippen LogP contribution >= 0.6 is 11.8 Å². The average molecular weight is 496 g/mol. The van der Waals surface area contributed by atoms with E-state index in [2.05, 4.69) is 5.32 Å². The minimum Gasteiger partial charge on any atom is -0.494 e. The molecule has 35 heavy (non-hydrogen) atoms. The van der Waals surface area contributed by atoms with Crippen molar-refractivity contribution in [3.63, 3.8) is 0 Å². The highest BCUT2D eigenvalue weighted by Crippen LogP contribution is 2.22. The Bertz CT molecular complexity index is 1250. The molecule has 1 amide bonds. The molecule has 7 nitrogen and oxygen atoms in total. The number of benzene rings is 2. The third-order valence-corrected chi connectivity index (χ3v) is 6.20. The third-order valence-electron chi connectivity index (χ3n) is 5.22. The highest BCUT2D eigenvalue weighted by Gasteiger charge is 2.17. The molecule has 3 aromatic rings. The maximum atomic E-state index is 13.3. The van der Waals surface area contributed by atoms with Gasteiger partial charge in [-0.3, -0.25) is 19.0 Å². The maximum absolute atomic E-state index is 13.3. The zero-order chi connectivity index (χ0) is 25.5. The number of hydrogen-bond acceptors (Lipinski definition) is 6. The Labute approximate surface area is 210 Å². The second-order valence-corrected chi connectivity index (χ2v) is 10.2. The molecule has 1 aromatic heterocycles. The van der Waals surface area contributed by atoms with E-state index in [1.54, 1.807) is 47.0 Å². The molecule has 0 spiro atoms. The van der Waals surface area contributed by atoms with Gasteiger partial charge in [0.1, 0.15) is 5.75 Å². The van der Waals surface area contributed by atoms with Crippen LogP contribution in [-0.2, 0) is 6.54 Å². The Morgan fingerprint density at radius 3 is 2.34 bits per heavy atom. The van der Waals surface area contributed by atoms with E-state index in [-0.39, 0.29) is 28.9 Å². The van der Waals surface area contributed by atoms with Crippen molar-refractivity contribution in [2.45, 2.75) is 46.3 Å². The maximum Gasteiger partial charge on any atom is 0.262 e. The highest BCUT2D eigenvalue weighted by atomic mass is 32.2. The van der Waals surface area contributed by atoms with Crippen LogP contribution in [0.25, 0.3) is 10.9 Å². The minimum absolute atomic E-state index is 0.0645. The van der Waals surface area contributed by atoms with Crippen molar-refractivity contribution in [3.8, 4) is 5.75 Å². The predicted molar refractivity (Wildman–Crippen MR) is 141 cm³/mol. The second-order valence-electron chi connectivity index (χ2n) is 9.21. The van der Waals surface area contributed by atoms with Crippen molar-refractivity contribution < 1.29 is 14.3 Å². The molecule has 2 aromatic carbocycles. The minimum atomic E-state index is -0.200. The molecule has 0 aliphatic rings. The number of carbonyl (C=O) groups is 2. The Hall–Kier alpha value is -3.13. The van der Waals surface area contributed by atoms with Gasteiger partial charge in [0.2, 0.25) is 0 Å². The number of fused-ring (bicyclic) bond motifs is 1. The van der Waals surface area contributed by atoms with E-state index in [4.69, 9.17) is 9.72 Å². The number of ketones is 1. The molecule has 0 aliphatic carbocycles. The van der Waals surface area contributed by atoms with Gasteiger partial charge in [-0.15, -0.1) is 0 Å². The molecule has 0 saturated heterocycles. The fourth-order valence-electron chi connectivity index (χ4n) is 3.49. The van der Waals surface area contributed by atoms with Gasteiger partial charge in [-0.05, 0) is 61.2 Å². The molecule has 3 rings (SSSR count). The first-order valence-electron chi connectivity index (χ1n) is 11.9. The molecule has 0 atom stereocenters. The summed E-state index contributed by atoms with van der Waals surface area (Å²) >= 11 is 1.23. The normalized spacial score (nSPS) is 11.3. The van der Waals surface area contributed by atoms with Crippen LogP contribution in [-0.4, -0.2) is 40.1 Å². The average Bonchev–Trinajstić information content (AvgIpc) is 2.83. The van der Waals surface area contributed by atoms with Gasteiger partial charge < -0.3 is 10.1 Å². The largest absolute Gasteiger partial charge is 0.494 e. The molecule has 0 unspecified atom stereocenters. The Balaban J connectivity index is 1.89. The number of aromatic nitrogens is 2. The van der Waals surface area contributed by atoms with Crippen LogP contribution in [0.3, 0.4) is 0 Å². The standard InChI is InChI=1S/C27H33N3O4S/c1-6-34-21-10-7-19(8-11-21)24(31)16-35-27-29-23-13-20(25(32)28-14-17(2)3)9-12-22(23)26(33)30(27)15-18(4)5/h7-13,17-18H,6,14-16H2,1-5H3,(H,28,32). The van der Waals surface area contributed by atoms with Gasteiger partial charge in [0.05, 0.1) is 23.3 Å². The third kappa shape index (κ3) is 6.94. The van der Waals surface area contributed by atoms with Gasteiger partial charge >= 0.3 is 0 Å². The van der Waals surface area contributed by atoms with Crippen LogP contribution in [0.5, 0.6) is 5.75 Å². The molecular weight excluding hydrogens is 462 g/mol. The van der Waals surface area contributed by atoms with Crippen molar-refractivity contribution in [3.05, 3.63) is 63.9 Å². The second kappa shape index (κ2) is 12.0. The number of Topliss-reactive ketones (excluding diaryl/α,β-unsaturated/α-hetero) is 1. The molecule has 1 N–H and O–H groups in total. The van der Waals surface area contributed by atoms with E-state index in [9.17, 15) is 14.4 Å². The number of hydrogen-bond donors (Lipinski definition) is 1. The zero-order valence-electron chi connectivity index (χ0n) is 21.0. The van der Waals surface area contributed by atoms with Crippen LogP contribution in [0, 0.1) is 11.8 Å². The van der Waals surface area contributed by atoms with Crippen molar-refractivity contribution in [1.82, 2.24) is 14.9 Å². The molecule has 0 aliphatic heterocycles. The number of rotatable bonds is 11. The smallest absolute Gasteiger partial charge is 0.262 e. The van der Waals surface area contributed by atoms with E-state index < -0.39 is 0 Å². The summed E-state index contributed by atoms with van der Waals surface area (Å²) in [5.74, 6) is 1.13. The van der Waals surface area contributed by atoms with Gasteiger partial charge in [-0.1, -0.05) is 39.5 Å². The van der Waals surface area contributed by atoms with Gasteiger partial charge in [0.25, 0.3) is 11.5 Å². The van der Waals surface area contributed by atoms with Crippen molar-refractivity contribution in [1.29, 1.82) is 0 Å². The van der Waals surface area contributed by atoms with E-state index >= 15 is 0 Å². The summed E-state index contributed by atoms with van der Waals surface area (Å²) in [5.41, 5.74) is 1.30. The van der Waals surface area contributed by atoms with E-state index in [1.165, 1.54) is 11.8 Å². The van der Waals surface area contributed by atoms with E-state index in [1.807, 2.05) is 34.6 Å². The first-order valence-corrected chi connectivity index (χ1v) is 12.9. The molecule has 1 heterocycles. The molecule has 0 saturated carbocycles. The van der Waals surface area contributed by atoms with Crippen LogP contribution in [0.4, 0.5) is 0 Å². The number of ether oxygens (including phenoxy) is 1.